The van der Waals surface area contributed by atoms with E-state index in [4.69, 9.17) is 0 Å². The largest absolute Gasteiger partial charge is 0.309 e. The number of hydrogen-bond donors (Lipinski definition) is 1. The molecular formula is C15H25NS2. The molecule has 0 saturated heterocycles. The first-order chi connectivity index (χ1) is 8.76. The molecule has 2 atom stereocenters. The molecule has 0 aliphatic carbocycles. The summed E-state index contributed by atoms with van der Waals surface area (Å²) in [5, 5.41) is 3.75. The van der Waals surface area contributed by atoms with Crippen molar-refractivity contribution in [1.29, 1.82) is 0 Å². The van der Waals surface area contributed by atoms with Crippen LogP contribution in [0.3, 0.4) is 0 Å². The molecule has 1 nitrogen and oxygen atoms in total. The molecule has 1 aliphatic rings. The smallest absolute Gasteiger partial charge is 0.0440 e. The van der Waals surface area contributed by atoms with Crippen molar-refractivity contribution < 1.29 is 0 Å². The Morgan fingerprint density at radius 2 is 2.22 bits per heavy atom. The van der Waals surface area contributed by atoms with Crippen LogP contribution in [0, 0.1) is 5.92 Å². The zero-order valence-electron chi connectivity index (χ0n) is 11.8. The van der Waals surface area contributed by atoms with Crippen molar-refractivity contribution in [3.05, 3.63) is 21.4 Å². The number of thiophene rings is 1. The molecule has 1 aromatic rings. The second-order valence-corrected chi connectivity index (χ2v) is 7.49. The predicted octanol–water partition coefficient (Wildman–Crippen LogP) is 4.62. The van der Waals surface area contributed by atoms with Crippen LogP contribution < -0.4 is 5.32 Å². The lowest BCUT2D eigenvalue weighted by Gasteiger charge is -2.23. The molecule has 0 bridgehead atoms. The minimum absolute atomic E-state index is 0.565. The van der Waals surface area contributed by atoms with E-state index in [1.807, 2.05) is 0 Å². The van der Waals surface area contributed by atoms with Crippen LogP contribution in [0.2, 0.25) is 0 Å². The highest BCUT2D eigenvalue weighted by molar-refractivity contribution is 7.98. The second-order valence-electron chi connectivity index (χ2n) is 5.22. The molecule has 1 aromatic heterocycles. The number of rotatable bonds is 6. The highest BCUT2D eigenvalue weighted by atomic mass is 32.2. The summed E-state index contributed by atoms with van der Waals surface area (Å²) in [4.78, 5) is 3.22. The predicted molar refractivity (Wildman–Crippen MR) is 84.7 cm³/mol. The van der Waals surface area contributed by atoms with Crippen molar-refractivity contribution in [1.82, 2.24) is 5.32 Å². The van der Waals surface area contributed by atoms with Crippen LogP contribution in [-0.4, -0.2) is 12.3 Å². The van der Waals surface area contributed by atoms with E-state index >= 15 is 0 Å². The van der Waals surface area contributed by atoms with Gasteiger partial charge in [0.15, 0.2) is 0 Å². The fourth-order valence-corrected chi connectivity index (χ4v) is 5.03. The Hall–Kier alpha value is 0.01000. The minimum atomic E-state index is 0.565. The maximum absolute atomic E-state index is 3.75. The molecule has 2 heterocycles. The molecule has 0 amide bonds. The molecule has 0 fully saturated rings. The first-order valence-corrected chi connectivity index (χ1v) is 9.16. The summed E-state index contributed by atoms with van der Waals surface area (Å²) < 4.78 is 0. The van der Waals surface area contributed by atoms with Crippen LogP contribution in [0.1, 0.15) is 55.0 Å². The summed E-state index contributed by atoms with van der Waals surface area (Å²) in [5.74, 6) is 3.26. The van der Waals surface area contributed by atoms with Gasteiger partial charge < -0.3 is 5.32 Å². The van der Waals surface area contributed by atoms with E-state index in [-0.39, 0.29) is 0 Å². The van der Waals surface area contributed by atoms with Crippen LogP contribution in [-0.2, 0) is 12.2 Å². The fraction of sp³-hybridized carbons (Fsp3) is 0.733. The maximum Gasteiger partial charge on any atom is 0.0440 e. The molecule has 18 heavy (non-hydrogen) atoms. The highest BCUT2D eigenvalue weighted by Crippen LogP contribution is 2.37. The Kier molecular flexibility index (Phi) is 5.58. The van der Waals surface area contributed by atoms with Gasteiger partial charge in [-0.15, -0.1) is 11.3 Å². The summed E-state index contributed by atoms with van der Waals surface area (Å²) in [7, 11) is 0. The molecule has 0 saturated carbocycles. The fourth-order valence-electron chi connectivity index (χ4n) is 2.44. The molecule has 102 valence electrons. The quantitative estimate of drug-likeness (QED) is 0.817. The maximum atomic E-state index is 3.75. The van der Waals surface area contributed by atoms with Crippen molar-refractivity contribution in [3.63, 3.8) is 0 Å². The van der Waals surface area contributed by atoms with Crippen LogP contribution in [0.4, 0.5) is 0 Å². The molecule has 0 aromatic carbocycles. The van der Waals surface area contributed by atoms with E-state index in [9.17, 15) is 0 Å². The van der Waals surface area contributed by atoms with Gasteiger partial charge in [-0.3, -0.25) is 0 Å². The van der Waals surface area contributed by atoms with Gasteiger partial charge in [-0.1, -0.05) is 27.2 Å². The number of fused-ring (bicyclic) bond motifs is 1. The van der Waals surface area contributed by atoms with Crippen molar-refractivity contribution in [2.75, 3.05) is 12.3 Å². The van der Waals surface area contributed by atoms with Gasteiger partial charge >= 0.3 is 0 Å². The lowest BCUT2D eigenvalue weighted by molar-refractivity contribution is 0.382. The number of thioether (sulfide) groups is 1. The van der Waals surface area contributed by atoms with E-state index in [1.165, 1.54) is 30.8 Å². The van der Waals surface area contributed by atoms with Crippen molar-refractivity contribution in [2.45, 2.75) is 51.8 Å². The molecule has 1 aliphatic heterocycles. The van der Waals surface area contributed by atoms with E-state index in [0.717, 1.165) is 12.5 Å². The molecule has 0 spiro atoms. The average molecular weight is 284 g/mol. The average Bonchev–Trinajstić information content (AvgIpc) is 2.82. The lowest BCUT2D eigenvalue weighted by atomic mass is 9.97. The van der Waals surface area contributed by atoms with Gasteiger partial charge in [0.1, 0.15) is 0 Å². The van der Waals surface area contributed by atoms with Gasteiger partial charge in [-0.25, -0.2) is 0 Å². The number of nitrogens with one attached hydrogen (secondary N) is 1. The van der Waals surface area contributed by atoms with Gasteiger partial charge in [0.05, 0.1) is 0 Å². The normalized spacial score (nSPS) is 18.4. The van der Waals surface area contributed by atoms with Crippen LogP contribution in [0.15, 0.2) is 6.07 Å². The first-order valence-electron chi connectivity index (χ1n) is 7.18. The Balaban J connectivity index is 2.15. The zero-order chi connectivity index (χ0) is 13.0. The van der Waals surface area contributed by atoms with E-state index < -0.39 is 0 Å². The van der Waals surface area contributed by atoms with Crippen molar-refractivity contribution in [3.8, 4) is 0 Å². The molecule has 2 rings (SSSR count). The molecule has 3 heteroatoms. The zero-order valence-corrected chi connectivity index (χ0v) is 13.4. The third-order valence-electron chi connectivity index (χ3n) is 3.78. The first kappa shape index (κ1) is 14.4. The summed E-state index contributed by atoms with van der Waals surface area (Å²) in [5.41, 5.74) is 1.61. The molecular weight excluding hydrogens is 258 g/mol. The van der Waals surface area contributed by atoms with Gasteiger partial charge in [-0.2, -0.15) is 11.8 Å². The monoisotopic (exact) mass is 283 g/mol. The van der Waals surface area contributed by atoms with E-state index in [2.05, 4.69) is 55.3 Å². The third-order valence-corrected chi connectivity index (χ3v) is 6.11. The van der Waals surface area contributed by atoms with Crippen LogP contribution >= 0.6 is 23.1 Å². The lowest BCUT2D eigenvalue weighted by Crippen LogP contribution is -2.26. The standard InChI is InChI=1S/C15H25NS2/c1-4-7-16-15(11(3)5-2)14-9-12-10-17-8-6-13(12)18-14/h9,11,15-16H,4-8,10H2,1-3H3. The second kappa shape index (κ2) is 6.97. The van der Waals surface area contributed by atoms with Crippen molar-refractivity contribution in [2.24, 2.45) is 5.92 Å². The molecule has 2 unspecified atom stereocenters. The van der Waals surface area contributed by atoms with Gasteiger partial charge in [0.2, 0.25) is 0 Å². The Morgan fingerprint density at radius 1 is 1.39 bits per heavy atom. The topological polar surface area (TPSA) is 12.0 Å². The Labute approximate surface area is 120 Å². The number of aryl methyl sites for hydroxylation is 1. The third kappa shape index (κ3) is 3.31. The molecule has 0 radical (unpaired) electrons. The summed E-state index contributed by atoms with van der Waals surface area (Å²) in [6.45, 7) is 8.05. The van der Waals surface area contributed by atoms with Crippen LogP contribution in [0.5, 0.6) is 0 Å². The van der Waals surface area contributed by atoms with E-state index in [0.29, 0.717) is 6.04 Å². The van der Waals surface area contributed by atoms with Crippen molar-refractivity contribution >= 4 is 23.1 Å². The number of hydrogen-bond acceptors (Lipinski definition) is 3. The summed E-state index contributed by atoms with van der Waals surface area (Å²) >= 11 is 4.14. The summed E-state index contributed by atoms with van der Waals surface area (Å²) in [6.07, 6.45) is 3.75. The van der Waals surface area contributed by atoms with Gasteiger partial charge in [-0.05, 0) is 42.7 Å². The highest BCUT2D eigenvalue weighted by Gasteiger charge is 2.22. The van der Waals surface area contributed by atoms with E-state index in [1.54, 1.807) is 15.3 Å². The SMILES string of the molecule is CCCNC(c1cc2c(s1)CCSC2)C(C)CC. The Morgan fingerprint density at radius 3 is 2.89 bits per heavy atom. The molecule has 1 N–H and O–H groups in total. The van der Waals surface area contributed by atoms with Gasteiger partial charge in [0, 0.05) is 21.5 Å². The minimum Gasteiger partial charge on any atom is -0.309 e. The van der Waals surface area contributed by atoms with Crippen LogP contribution in [0.25, 0.3) is 0 Å². The summed E-state index contributed by atoms with van der Waals surface area (Å²) in [6, 6.07) is 3.04. The Bertz CT molecular complexity index is 349. The van der Waals surface area contributed by atoms with Gasteiger partial charge in [0.25, 0.3) is 0 Å².